The molecule has 1 heterocycles. The summed E-state index contributed by atoms with van der Waals surface area (Å²) in [6, 6.07) is 0. The summed E-state index contributed by atoms with van der Waals surface area (Å²) in [4.78, 5) is 17.6. The van der Waals surface area contributed by atoms with Gasteiger partial charge in [-0.2, -0.15) is 0 Å². The second-order valence-corrected chi connectivity index (χ2v) is 1.89. The molecule has 8 heteroatoms. The van der Waals surface area contributed by atoms with Crippen LogP contribution in [-0.4, -0.2) is 29.7 Å². The average Bonchev–Trinajstić information content (AvgIpc) is 2.16. The van der Waals surface area contributed by atoms with Crippen LogP contribution in [0.5, 0.6) is 0 Å². The highest BCUT2D eigenvalue weighted by Gasteiger charge is 1.99. The standard InChI is InChI=1S/C3H8O6.C3H2O2/c4-8-6-2-1-3-7-9-5;4-3-1-2-5-3/h4-5H,1-3H2;1-2H. The van der Waals surface area contributed by atoms with Crippen LogP contribution in [0.15, 0.2) is 12.3 Å². The lowest BCUT2D eigenvalue weighted by Gasteiger charge is -1.96. The lowest BCUT2D eigenvalue weighted by Crippen LogP contribution is -2.01. The molecule has 82 valence electrons. The van der Waals surface area contributed by atoms with Crippen molar-refractivity contribution in [3.05, 3.63) is 12.3 Å². The van der Waals surface area contributed by atoms with Crippen LogP contribution in [0.3, 0.4) is 0 Å². The lowest BCUT2D eigenvalue weighted by atomic mass is 10.5. The van der Waals surface area contributed by atoms with Gasteiger partial charge in [0.15, 0.2) is 0 Å². The van der Waals surface area contributed by atoms with Gasteiger partial charge < -0.3 is 4.74 Å². The predicted molar refractivity (Wildman–Crippen MR) is 39.2 cm³/mol. The number of cyclic esters (lactones) is 1. The summed E-state index contributed by atoms with van der Waals surface area (Å²) in [5.74, 6) is -0.245. The van der Waals surface area contributed by atoms with Crippen LogP contribution in [0, 0.1) is 0 Å². The van der Waals surface area contributed by atoms with Crippen LogP contribution in [0.4, 0.5) is 0 Å². The monoisotopic (exact) mass is 210 g/mol. The minimum absolute atomic E-state index is 0.167. The molecular weight excluding hydrogens is 200 g/mol. The van der Waals surface area contributed by atoms with Crippen molar-refractivity contribution in [2.75, 3.05) is 13.2 Å². The number of hydrogen-bond acceptors (Lipinski definition) is 8. The average molecular weight is 210 g/mol. The predicted octanol–water partition coefficient (Wildman–Crippen LogP) is 0.276. The summed E-state index contributed by atoms with van der Waals surface area (Å²) < 4.78 is 4.11. The zero-order chi connectivity index (χ0) is 10.6. The molecule has 0 radical (unpaired) electrons. The van der Waals surface area contributed by atoms with Crippen molar-refractivity contribution in [2.45, 2.75) is 6.42 Å². The molecule has 0 atom stereocenters. The first-order valence-corrected chi connectivity index (χ1v) is 3.54. The molecule has 0 saturated heterocycles. The second-order valence-electron chi connectivity index (χ2n) is 1.89. The molecule has 0 spiro atoms. The number of rotatable bonds is 6. The van der Waals surface area contributed by atoms with Crippen LogP contribution in [0.25, 0.3) is 0 Å². The molecule has 0 aliphatic carbocycles. The third-order valence-electron chi connectivity index (χ3n) is 0.949. The number of esters is 1. The first-order chi connectivity index (χ1) is 6.81. The summed E-state index contributed by atoms with van der Waals surface area (Å²) in [6.07, 6.45) is 3.16. The van der Waals surface area contributed by atoms with Crippen molar-refractivity contribution in [2.24, 2.45) is 0 Å². The summed E-state index contributed by atoms with van der Waals surface area (Å²) in [5, 5.41) is 21.7. The molecule has 0 aromatic heterocycles. The third-order valence-corrected chi connectivity index (χ3v) is 0.949. The number of carbonyl (C=O) groups excluding carboxylic acids is 1. The molecule has 0 aromatic carbocycles. The molecule has 1 rings (SSSR count). The molecule has 0 fully saturated rings. The Kier molecular flexibility index (Phi) is 9.31. The van der Waals surface area contributed by atoms with Crippen molar-refractivity contribution in [1.82, 2.24) is 0 Å². The van der Waals surface area contributed by atoms with Gasteiger partial charge in [0.1, 0.15) is 6.26 Å². The summed E-state index contributed by atoms with van der Waals surface area (Å²) in [6.45, 7) is 0.333. The summed E-state index contributed by atoms with van der Waals surface area (Å²) in [5.41, 5.74) is 0. The Bertz CT molecular complexity index is 161. The molecule has 0 amide bonds. The smallest absolute Gasteiger partial charge is 0.338 e. The van der Waals surface area contributed by atoms with E-state index in [1.807, 2.05) is 0 Å². The van der Waals surface area contributed by atoms with Gasteiger partial charge in [0, 0.05) is 6.42 Å². The molecule has 0 bridgehead atoms. The van der Waals surface area contributed by atoms with E-state index in [-0.39, 0.29) is 19.2 Å². The lowest BCUT2D eigenvalue weighted by molar-refractivity contribution is -0.501. The van der Waals surface area contributed by atoms with Gasteiger partial charge in [-0.25, -0.2) is 25.1 Å². The van der Waals surface area contributed by atoms with E-state index in [4.69, 9.17) is 10.5 Å². The van der Waals surface area contributed by atoms with E-state index in [1.54, 1.807) is 0 Å². The number of hydrogen-bond donors (Lipinski definition) is 2. The summed E-state index contributed by atoms with van der Waals surface area (Å²) >= 11 is 0. The van der Waals surface area contributed by atoms with E-state index < -0.39 is 0 Å². The molecule has 0 unspecified atom stereocenters. The SMILES string of the molecule is O=C1C=CO1.OOOCCCOOO. The fourth-order valence-corrected chi connectivity index (χ4v) is 0.375. The van der Waals surface area contributed by atoms with Gasteiger partial charge in [0.25, 0.3) is 0 Å². The third kappa shape index (κ3) is 9.06. The van der Waals surface area contributed by atoms with E-state index in [9.17, 15) is 4.79 Å². The van der Waals surface area contributed by atoms with Gasteiger partial charge in [-0.3, -0.25) is 0 Å². The maximum absolute atomic E-state index is 9.59. The van der Waals surface area contributed by atoms with E-state index in [0.717, 1.165) is 0 Å². The highest BCUT2D eigenvalue weighted by molar-refractivity contribution is 5.86. The fourth-order valence-electron chi connectivity index (χ4n) is 0.375. The first-order valence-electron chi connectivity index (χ1n) is 3.54. The minimum Gasteiger partial charge on any atom is -0.431 e. The Morgan fingerprint density at radius 3 is 1.86 bits per heavy atom. The highest BCUT2D eigenvalue weighted by Crippen LogP contribution is 1.91. The van der Waals surface area contributed by atoms with Gasteiger partial charge in [-0.05, 0) is 0 Å². The minimum atomic E-state index is -0.245. The molecule has 1 aliphatic rings. The quantitative estimate of drug-likeness (QED) is 0.279. The van der Waals surface area contributed by atoms with Crippen LogP contribution in [0.1, 0.15) is 6.42 Å². The molecule has 8 nitrogen and oxygen atoms in total. The van der Waals surface area contributed by atoms with Gasteiger partial charge in [0.05, 0.1) is 19.3 Å². The van der Waals surface area contributed by atoms with E-state index in [0.29, 0.717) is 6.42 Å². The van der Waals surface area contributed by atoms with Gasteiger partial charge >= 0.3 is 5.97 Å². The molecule has 14 heavy (non-hydrogen) atoms. The Balaban J connectivity index is 0.000000280. The Labute approximate surface area is 78.9 Å². The van der Waals surface area contributed by atoms with Crippen molar-refractivity contribution < 1.29 is 39.9 Å². The van der Waals surface area contributed by atoms with Gasteiger partial charge in [-0.15, -0.1) is 0 Å². The molecule has 1 aliphatic heterocycles. The maximum Gasteiger partial charge on any atom is 0.338 e. The molecule has 0 saturated carbocycles. The largest absolute Gasteiger partial charge is 0.431 e. The molecule has 2 N–H and O–H groups in total. The van der Waals surface area contributed by atoms with Crippen LogP contribution >= 0.6 is 0 Å². The van der Waals surface area contributed by atoms with Crippen LogP contribution < -0.4 is 0 Å². The van der Waals surface area contributed by atoms with Gasteiger partial charge in [0.2, 0.25) is 0 Å². The fraction of sp³-hybridized carbons (Fsp3) is 0.500. The van der Waals surface area contributed by atoms with E-state index in [2.05, 4.69) is 24.6 Å². The molecule has 0 aromatic rings. The first kappa shape index (κ1) is 13.0. The van der Waals surface area contributed by atoms with Crippen LogP contribution in [0.2, 0.25) is 0 Å². The Morgan fingerprint density at radius 1 is 1.21 bits per heavy atom. The Hall–Kier alpha value is -1.03. The van der Waals surface area contributed by atoms with Gasteiger partial charge in [-0.1, -0.05) is 10.1 Å². The topological polar surface area (TPSA) is 104 Å². The number of carbonyl (C=O) groups is 1. The van der Waals surface area contributed by atoms with Crippen molar-refractivity contribution in [1.29, 1.82) is 0 Å². The van der Waals surface area contributed by atoms with Crippen LogP contribution in [-0.2, 0) is 29.4 Å². The number of ether oxygens (including phenoxy) is 1. The second kappa shape index (κ2) is 10.1. The maximum atomic E-state index is 9.59. The van der Waals surface area contributed by atoms with Crippen molar-refractivity contribution in [3.8, 4) is 0 Å². The zero-order valence-corrected chi connectivity index (χ0v) is 7.12. The normalized spacial score (nSPS) is 12.6. The highest BCUT2D eigenvalue weighted by atomic mass is 17.5. The Morgan fingerprint density at radius 2 is 1.64 bits per heavy atom. The van der Waals surface area contributed by atoms with E-state index in [1.165, 1.54) is 12.3 Å². The van der Waals surface area contributed by atoms with Crippen molar-refractivity contribution >= 4 is 5.97 Å². The van der Waals surface area contributed by atoms with Crippen molar-refractivity contribution in [3.63, 3.8) is 0 Å². The summed E-state index contributed by atoms with van der Waals surface area (Å²) in [7, 11) is 0. The van der Waals surface area contributed by atoms with E-state index >= 15 is 0 Å². The molecular formula is C6H10O8. The zero-order valence-electron chi connectivity index (χ0n) is 7.12.